The number of nitrogens with zero attached hydrogens (tertiary/aromatic N) is 2. The minimum atomic E-state index is -4.56. The number of aromatic nitrogens is 2. The summed E-state index contributed by atoms with van der Waals surface area (Å²) in [5.41, 5.74) is 4.44. The fourth-order valence-corrected chi connectivity index (χ4v) is 1.49. The summed E-state index contributed by atoms with van der Waals surface area (Å²) in [7, 11) is 1.41. The second kappa shape index (κ2) is 3.76. The van der Waals surface area contributed by atoms with Gasteiger partial charge < -0.3 is 10.5 Å². The molecule has 0 atom stereocenters. The van der Waals surface area contributed by atoms with Crippen LogP contribution in [0.25, 0.3) is 10.8 Å². The summed E-state index contributed by atoms with van der Waals surface area (Å²) in [6, 6.07) is 4.08. The van der Waals surface area contributed by atoms with Gasteiger partial charge in [-0.2, -0.15) is 13.2 Å². The van der Waals surface area contributed by atoms with Gasteiger partial charge in [-0.15, -0.1) is 10.2 Å². The van der Waals surface area contributed by atoms with Gasteiger partial charge in [-0.25, -0.2) is 0 Å². The number of alkyl halides is 3. The van der Waals surface area contributed by atoms with Crippen molar-refractivity contribution < 1.29 is 17.9 Å². The van der Waals surface area contributed by atoms with Crippen LogP contribution >= 0.6 is 0 Å². The SMILES string of the molecule is COc1ccc2c(C(F)(F)F)nnc(N)c2c1. The summed E-state index contributed by atoms with van der Waals surface area (Å²) < 4.78 is 42.9. The average Bonchev–Trinajstić information content (AvgIpc) is 2.27. The van der Waals surface area contributed by atoms with E-state index in [-0.39, 0.29) is 16.6 Å². The van der Waals surface area contributed by atoms with Crippen molar-refractivity contribution >= 4 is 16.6 Å². The third-order valence-electron chi connectivity index (χ3n) is 2.28. The van der Waals surface area contributed by atoms with Crippen LogP contribution in [0.15, 0.2) is 18.2 Å². The molecule has 0 amide bonds. The Morgan fingerprint density at radius 2 is 1.88 bits per heavy atom. The van der Waals surface area contributed by atoms with Crippen LogP contribution in [0.4, 0.5) is 19.0 Å². The van der Waals surface area contributed by atoms with Gasteiger partial charge in [0.1, 0.15) is 5.75 Å². The van der Waals surface area contributed by atoms with Gasteiger partial charge in [-0.05, 0) is 18.2 Å². The predicted octanol–water partition coefficient (Wildman–Crippen LogP) is 2.24. The first-order chi connectivity index (χ1) is 7.93. The summed E-state index contributed by atoms with van der Waals surface area (Å²) in [5.74, 6) is 0.345. The lowest BCUT2D eigenvalue weighted by molar-refractivity contribution is -0.140. The Bertz CT molecular complexity index is 568. The number of hydrogen-bond donors (Lipinski definition) is 1. The van der Waals surface area contributed by atoms with E-state index in [0.717, 1.165) is 0 Å². The molecule has 0 saturated carbocycles. The number of benzene rings is 1. The van der Waals surface area contributed by atoms with Crippen molar-refractivity contribution in [2.45, 2.75) is 6.18 Å². The Hall–Kier alpha value is -2.05. The first-order valence-electron chi connectivity index (χ1n) is 4.60. The Morgan fingerprint density at radius 3 is 2.47 bits per heavy atom. The molecule has 0 aliphatic rings. The molecule has 0 aliphatic carbocycles. The van der Waals surface area contributed by atoms with Crippen LogP contribution in [0.3, 0.4) is 0 Å². The van der Waals surface area contributed by atoms with E-state index in [1.165, 1.54) is 25.3 Å². The first-order valence-corrected chi connectivity index (χ1v) is 4.60. The second-order valence-corrected chi connectivity index (χ2v) is 3.34. The zero-order valence-corrected chi connectivity index (χ0v) is 8.75. The summed E-state index contributed by atoms with van der Waals surface area (Å²) >= 11 is 0. The highest BCUT2D eigenvalue weighted by atomic mass is 19.4. The number of nitrogen functional groups attached to an aromatic ring is 1. The molecule has 0 bridgehead atoms. The van der Waals surface area contributed by atoms with Crippen molar-refractivity contribution in [3.63, 3.8) is 0 Å². The normalized spacial score (nSPS) is 11.8. The van der Waals surface area contributed by atoms with Gasteiger partial charge in [0.05, 0.1) is 7.11 Å². The molecule has 90 valence electrons. The van der Waals surface area contributed by atoms with Crippen LogP contribution in [0.1, 0.15) is 5.69 Å². The molecule has 7 heteroatoms. The Labute approximate surface area is 94.2 Å². The molecule has 17 heavy (non-hydrogen) atoms. The van der Waals surface area contributed by atoms with E-state index in [0.29, 0.717) is 5.75 Å². The van der Waals surface area contributed by atoms with Crippen LogP contribution in [-0.4, -0.2) is 17.3 Å². The van der Waals surface area contributed by atoms with Crippen molar-refractivity contribution in [1.82, 2.24) is 10.2 Å². The van der Waals surface area contributed by atoms with E-state index in [2.05, 4.69) is 10.2 Å². The fraction of sp³-hybridized carbons (Fsp3) is 0.200. The molecule has 4 nitrogen and oxygen atoms in total. The molecule has 0 aliphatic heterocycles. The highest BCUT2D eigenvalue weighted by molar-refractivity contribution is 5.93. The molecular formula is C10H8F3N3O. The quantitative estimate of drug-likeness (QED) is 0.834. The molecular weight excluding hydrogens is 235 g/mol. The fourth-order valence-electron chi connectivity index (χ4n) is 1.49. The van der Waals surface area contributed by atoms with E-state index in [9.17, 15) is 13.2 Å². The number of rotatable bonds is 1. The summed E-state index contributed by atoms with van der Waals surface area (Å²) in [5, 5.41) is 6.47. The largest absolute Gasteiger partial charge is 0.497 e. The monoisotopic (exact) mass is 243 g/mol. The van der Waals surface area contributed by atoms with E-state index in [1.807, 2.05) is 0 Å². The lowest BCUT2D eigenvalue weighted by atomic mass is 10.1. The molecule has 0 fully saturated rings. The number of fused-ring (bicyclic) bond motifs is 1. The number of ether oxygens (including phenoxy) is 1. The maximum absolute atomic E-state index is 12.7. The third kappa shape index (κ3) is 1.95. The van der Waals surface area contributed by atoms with Crippen molar-refractivity contribution in [2.24, 2.45) is 0 Å². The maximum Gasteiger partial charge on any atom is 0.435 e. The molecule has 0 saturated heterocycles. The Kier molecular flexibility index (Phi) is 2.53. The number of methoxy groups -OCH3 is 1. The summed E-state index contributed by atoms with van der Waals surface area (Å²) in [6.07, 6.45) is -4.56. The standard InChI is InChI=1S/C10H8F3N3O/c1-17-5-2-3-6-7(4-5)9(14)16-15-8(6)10(11,12)13/h2-4H,1H3,(H2,14,16). The highest BCUT2D eigenvalue weighted by Gasteiger charge is 2.35. The van der Waals surface area contributed by atoms with Crippen LogP contribution in [-0.2, 0) is 6.18 Å². The molecule has 0 unspecified atom stereocenters. The highest BCUT2D eigenvalue weighted by Crippen LogP contribution is 2.35. The molecule has 1 aromatic carbocycles. The molecule has 1 aromatic heterocycles. The van der Waals surface area contributed by atoms with Gasteiger partial charge in [0.2, 0.25) is 0 Å². The van der Waals surface area contributed by atoms with Crippen LogP contribution in [0.5, 0.6) is 5.75 Å². The molecule has 2 aromatic rings. The van der Waals surface area contributed by atoms with Crippen LogP contribution in [0.2, 0.25) is 0 Å². The van der Waals surface area contributed by atoms with Crippen molar-refractivity contribution in [2.75, 3.05) is 12.8 Å². The lowest BCUT2D eigenvalue weighted by Gasteiger charge is -2.10. The van der Waals surface area contributed by atoms with Gasteiger partial charge in [0, 0.05) is 10.8 Å². The van der Waals surface area contributed by atoms with E-state index in [4.69, 9.17) is 10.5 Å². The van der Waals surface area contributed by atoms with Gasteiger partial charge >= 0.3 is 6.18 Å². The predicted molar refractivity (Wildman–Crippen MR) is 55.5 cm³/mol. The van der Waals surface area contributed by atoms with Crippen molar-refractivity contribution in [3.05, 3.63) is 23.9 Å². The topological polar surface area (TPSA) is 61.0 Å². The van der Waals surface area contributed by atoms with Crippen LogP contribution < -0.4 is 10.5 Å². The second-order valence-electron chi connectivity index (χ2n) is 3.34. The smallest absolute Gasteiger partial charge is 0.435 e. The van der Waals surface area contributed by atoms with E-state index in [1.54, 1.807) is 0 Å². The third-order valence-corrected chi connectivity index (χ3v) is 2.28. The molecule has 2 rings (SSSR count). The number of halogens is 3. The zero-order valence-electron chi connectivity index (χ0n) is 8.75. The minimum Gasteiger partial charge on any atom is -0.497 e. The number of nitrogens with two attached hydrogens (primary N) is 1. The Balaban J connectivity index is 2.78. The molecule has 0 radical (unpaired) electrons. The van der Waals surface area contributed by atoms with E-state index >= 15 is 0 Å². The maximum atomic E-state index is 12.7. The van der Waals surface area contributed by atoms with Gasteiger partial charge in [0.15, 0.2) is 11.5 Å². The molecule has 0 spiro atoms. The number of hydrogen-bond acceptors (Lipinski definition) is 4. The average molecular weight is 243 g/mol. The van der Waals surface area contributed by atoms with Crippen LogP contribution in [0, 0.1) is 0 Å². The summed E-state index contributed by atoms with van der Waals surface area (Å²) in [4.78, 5) is 0. The number of anilines is 1. The van der Waals surface area contributed by atoms with Gasteiger partial charge in [0.25, 0.3) is 0 Å². The zero-order chi connectivity index (χ0) is 12.6. The summed E-state index contributed by atoms with van der Waals surface area (Å²) in [6.45, 7) is 0. The van der Waals surface area contributed by atoms with Gasteiger partial charge in [-0.1, -0.05) is 0 Å². The lowest BCUT2D eigenvalue weighted by Crippen LogP contribution is -2.11. The van der Waals surface area contributed by atoms with Gasteiger partial charge in [-0.3, -0.25) is 0 Å². The van der Waals surface area contributed by atoms with Crippen molar-refractivity contribution in [3.8, 4) is 5.75 Å². The Morgan fingerprint density at radius 1 is 1.18 bits per heavy atom. The molecule has 2 N–H and O–H groups in total. The van der Waals surface area contributed by atoms with Crippen molar-refractivity contribution in [1.29, 1.82) is 0 Å². The first kappa shape index (κ1) is 11.4. The molecule has 1 heterocycles. The minimum absolute atomic E-state index is 0.0631. The van der Waals surface area contributed by atoms with E-state index < -0.39 is 11.9 Å².